The van der Waals surface area contributed by atoms with Crippen LogP contribution in [0.4, 0.5) is 5.69 Å². The van der Waals surface area contributed by atoms with Gasteiger partial charge in [-0.3, -0.25) is 24.4 Å². The third kappa shape index (κ3) is 4.73. The molecule has 10 heteroatoms. The Balaban J connectivity index is 2.07. The Morgan fingerprint density at radius 2 is 1.74 bits per heavy atom. The molecule has 38 heavy (non-hydrogen) atoms. The van der Waals surface area contributed by atoms with E-state index in [0.717, 1.165) is 11.1 Å². The van der Waals surface area contributed by atoms with Crippen molar-refractivity contribution in [2.75, 3.05) is 25.1 Å². The maximum absolute atomic E-state index is 13.7. The van der Waals surface area contributed by atoms with Crippen LogP contribution in [-0.4, -0.2) is 47.6 Å². The van der Waals surface area contributed by atoms with E-state index in [1.165, 1.54) is 18.2 Å². The Labute approximate surface area is 217 Å². The molecule has 0 fully saturated rings. The smallest absolute Gasteiger partial charge is 0.336 e. The summed E-state index contributed by atoms with van der Waals surface area (Å²) in [6, 6.07) is 9.65. The maximum atomic E-state index is 13.7. The molecule has 0 aliphatic heterocycles. The second-order valence-corrected chi connectivity index (χ2v) is 8.73. The predicted molar refractivity (Wildman–Crippen MR) is 147 cm³/mol. The monoisotopic (exact) mass is 516 g/mol. The predicted octanol–water partition coefficient (Wildman–Crippen LogP) is 3.04. The average Bonchev–Trinajstić information content (AvgIpc) is 3.10. The number of anilines is 1. The standard InChI is InChI=1S/C28H28N4O6/c1-4-15-8-6-7-14(3)23(15)31-27(35)18-13-19(28(36)37)22(24(29)30-11-12-38-5-2)21-17-10-9-16(20(18)21)25(33)32-26(17)34/h6-10,13H,4-5,11-12H2,1-3H3,(H2,29,30)(H,31,35)(H,36,37)(H,32,33,34). The van der Waals surface area contributed by atoms with Crippen LogP contribution in [0, 0.1) is 6.92 Å². The molecule has 2 bridgehead atoms. The quantitative estimate of drug-likeness (QED) is 0.151. The van der Waals surface area contributed by atoms with E-state index in [4.69, 9.17) is 10.5 Å². The molecule has 5 N–H and O–H groups in total. The first kappa shape index (κ1) is 26.5. The molecule has 2 aromatic heterocycles. The van der Waals surface area contributed by atoms with Crippen molar-refractivity contribution in [3.8, 4) is 0 Å². The Hall–Kier alpha value is -4.57. The minimum absolute atomic E-state index is 0.00912. The lowest BCUT2D eigenvalue weighted by molar-refractivity contribution is 0.0697. The van der Waals surface area contributed by atoms with Gasteiger partial charge in [-0.15, -0.1) is 0 Å². The van der Waals surface area contributed by atoms with E-state index in [0.29, 0.717) is 18.7 Å². The van der Waals surface area contributed by atoms with Crippen LogP contribution >= 0.6 is 0 Å². The zero-order chi connectivity index (χ0) is 27.6. The van der Waals surface area contributed by atoms with Gasteiger partial charge >= 0.3 is 5.97 Å². The van der Waals surface area contributed by atoms with E-state index >= 15 is 0 Å². The Bertz CT molecular complexity index is 1710. The van der Waals surface area contributed by atoms with Gasteiger partial charge < -0.3 is 20.9 Å². The fourth-order valence-corrected chi connectivity index (χ4v) is 4.63. The SMILES string of the molecule is CCOCCN=C(N)c1c(C(=O)O)cc(C(=O)Nc2c(C)cccc2CC)c2c3ccc(c(=O)[nH]c3=O)c12. The summed E-state index contributed by atoms with van der Waals surface area (Å²) < 4.78 is 5.29. The molecule has 10 nitrogen and oxygen atoms in total. The number of aromatic carboxylic acids is 1. The number of para-hydroxylation sites is 1. The van der Waals surface area contributed by atoms with Crippen LogP contribution in [0.15, 0.2) is 51.0 Å². The highest BCUT2D eigenvalue weighted by Crippen LogP contribution is 2.33. The lowest BCUT2D eigenvalue weighted by Gasteiger charge is -2.17. The molecule has 0 aliphatic rings. The molecule has 1 amide bonds. The van der Waals surface area contributed by atoms with Gasteiger partial charge in [-0.1, -0.05) is 25.1 Å². The molecule has 0 radical (unpaired) electrons. The summed E-state index contributed by atoms with van der Waals surface area (Å²) >= 11 is 0. The van der Waals surface area contributed by atoms with Gasteiger partial charge in [-0.05, 0) is 49.6 Å². The summed E-state index contributed by atoms with van der Waals surface area (Å²) in [5.41, 5.74) is 6.72. The number of aromatic nitrogens is 1. The number of carboxylic acids is 1. The Morgan fingerprint density at radius 1 is 1.05 bits per heavy atom. The second-order valence-electron chi connectivity index (χ2n) is 8.73. The van der Waals surface area contributed by atoms with E-state index in [1.807, 2.05) is 39.0 Å². The van der Waals surface area contributed by atoms with Gasteiger partial charge in [0.1, 0.15) is 5.84 Å². The van der Waals surface area contributed by atoms with Crippen LogP contribution in [0.2, 0.25) is 0 Å². The number of rotatable bonds is 9. The Morgan fingerprint density at radius 3 is 2.37 bits per heavy atom. The molecule has 5 rings (SSSR count). The number of aliphatic imine (C=N–C) groups is 1. The molecular formula is C28H28N4O6. The number of nitrogens with one attached hydrogen (secondary N) is 2. The van der Waals surface area contributed by atoms with Crippen molar-refractivity contribution in [2.45, 2.75) is 27.2 Å². The second kappa shape index (κ2) is 10.8. The van der Waals surface area contributed by atoms with E-state index < -0.39 is 23.0 Å². The summed E-state index contributed by atoms with van der Waals surface area (Å²) in [7, 11) is 0. The number of benzene rings is 3. The number of ether oxygens (including phenoxy) is 1. The van der Waals surface area contributed by atoms with Crippen LogP contribution in [0.5, 0.6) is 0 Å². The fraction of sp³-hybridized carbons (Fsp3) is 0.250. The summed E-state index contributed by atoms with van der Waals surface area (Å²) in [5.74, 6) is -2.14. The molecule has 2 heterocycles. The molecule has 196 valence electrons. The number of amidine groups is 1. The van der Waals surface area contributed by atoms with Crippen molar-refractivity contribution in [2.24, 2.45) is 10.7 Å². The van der Waals surface area contributed by atoms with Crippen LogP contribution in [-0.2, 0) is 11.2 Å². The number of carbonyl (C=O) groups excluding carboxylic acids is 1. The van der Waals surface area contributed by atoms with Crippen LogP contribution in [0.1, 0.15) is 51.3 Å². The fourth-order valence-electron chi connectivity index (χ4n) is 4.63. The molecule has 0 unspecified atom stereocenters. The van der Waals surface area contributed by atoms with Gasteiger partial charge in [0.15, 0.2) is 0 Å². The number of hydrogen-bond donors (Lipinski definition) is 4. The normalized spacial score (nSPS) is 11.8. The van der Waals surface area contributed by atoms with Gasteiger partial charge in [-0.25, -0.2) is 4.79 Å². The third-order valence-corrected chi connectivity index (χ3v) is 6.43. The van der Waals surface area contributed by atoms with E-state index in [-0.39, 0.29) is 57.2 Å². The molecule has 0 saturated carbocycles. The van der Waals surface area contributed by atoms with Crippen molar-refractivity contribution in [3.63, 3.8) is 0 Å². The lowest BCUT2D eigenvalue weighted by Crippen LogP contribution is -2.22. The van der Waals surface area contributed by atoms with E-state index in [9.17, 15) is 24.3 Å². The van der Waals surface area contributed by atoms with E-state index in [1.54, 1.807) is 0 Å². The first-order valence-electron chi connectivity index (χ1n) is 12.2. The van der Waals surface area contributed by atoms with Gasteiger partial charge in [0.2, 0.25) is 0 Å². The zero-order valence-electron chi connectivity index (χ0n) is 21.3. The van der Waals surface area contributed by atoms with Crippen molar-refractivity contribution in [1.29, 1.82) is 0 Å². The highest BCUT2D eigenvalue weighted by molar-refractivity contribution is 6.28. The van der Waals surface area contributed by atoms with Crippen LogP contribution in [0.3, 0.4) is 0 Å². The summed E-state index contributed by atoms with van der Waals surface area (Å²) in [5, 5.41) is 13.3. The Kier molecular flexibility index (Phi) is 7.54. The number of carbonyl (C=O) groups is 2. The number of amides is 1. The largest absolute Gasteiger partial charge is 0.478 e. The first-order valence-corrected chi connectivity index (χ1v) is 12.2. The number of hydrogen-bond acceptors (Lipinski definition) is 6. The highest BCUT2D eigenvalue weighted by atomic mass is 16.5. The van der Waals surface area contributed by atoms with Gasteiger partial charge in [-0.2, -0.15) is 0 Å². The summed E-state index contributed by atoms with van der Waals surface area (Å²) in [6.45, 7) is 6.50. The number of fused-ring (bicyclic) bond motifs is 3. The van der Waals surface area contributed by atoms with Crippen molar-refractivity contribution < 1.29 is 19.4 Å². The van der Waals surface area contributed by atoms with Crippen LogP contribution in [0.25, 0.3) is 21.5 Å². The molecule has 0 saturated heterocycles. The molecule has 0 spiro atoms. The zero-order valence-corrected chi connectivity index (χ0v) is 21.3. The molecule has 0 aliphatic carbocycles. The van der Waals surface area contributed by atoms with Crippen molar-refractivity contribution in [3.05, 3.63) is 84.9 Å². The van der Waals surface area contributed by atoms with Gasteiger partial charge in [0, 0.05) is 45.0 Å². The minimum atomic E-state index is -1.37. The molecular weight excluding hydrogens is 488 g/mol. The van der Waals surface area contributed by atoms with Crippen molar-refractivity contribution in [1.82, 2.24) is 4.98 Å². The number of nitrogens with two attached hydrogens (primary N) is 1. The van der Waals surface area contributed by atoms with Crippen LogP contribution < -0.4 is 22.2 Å². The van der Waals surface area contributed by atoms with Gasteiger partial charge in [0.05, 0.1) is 18.7 Å². The highest BCUT2D eigenvalue weighted by Gasteiger charge is 2.27. The average molecular weight is 517 g/mol. The number of aromatic amines is 1. The summed E-state index contributed by atoms with van der Waals surface area (Å²) in [4.78, 5) is 58.6. The third-order valence-electron chi connectivity index (χ3n) is 6.43. The number of nitrogens with zero attached hydrogens (tertiary/aromatic N) is 1. The molecule has 5 aromatic rings. The van der Waals surface area contributed by atoms with Gasteiger partial charge in [0.25, 0.3) is 17.0 Å². The molecule has 3 aromatic carbocycles. The maximum Gasteiger partial charge on any atom is 0.336 e. The number of H-pyrrole nitrogens is 1. The number of carboxylic acid groups (broad SMARTS) is 1. The lowest BCUT2D eigenvalue weighted by atomic mass is 9.90. The van der Waals surface area contributed by atoms with Crippen molar-refractivity contribution >= 4 is 44.9 Å². The summed E-state index contributed by atoms with van der Waals surface area (Å²) in [6.07, 6.45) is 0.651. The van der Waals surface area contributed by atoms with E-state index in [2.05, 4.69) is 15.3 Å². The molecule has 0 atom stereocenters. The first-order chi connectivity index (χ1) is 18.2. The topological polar surface area (TPSA) is 164 Å². The minimum Gasteiger partial charge on any atom is -0.478 e. The number of aryl methyl sites for hydroxylation is 2.